The minimum absolute atomic E-state index is 0.0128. The number of nitrogens with zero attached hydrogens (tertiary/aromatic N) is 4. The van der Waals surface area contributed by atoms with E-state index in [0.29, 0.717) is 6.54 Å². The van der Waals surface area contributed by atoms with Crippen LogP contribution < -0.4 is 0 Å². The number of hydrogen-bond acceptors (Lipinski definition) is 5. The van der Waals surface area contributed by atoms with Crippen molar-refractivity contribution in [1.29, 1.82) is 0 Å². The quantitative estimate of drug-likeness (QED) is 0.784. The molecule has 6 nitrogen and oxygen atoms in total. The van der Waals surface area contributed by atoms with Gasteiger partial charge in [0.05, 0.1) is 31.4 Å². The molecule has 4 rings (SSSR count). The Morgan fingerprint density at radius 1 is 1.08 bits per heavy atom. The van der Waals surface area contributed by atoms with Gasteiger partial charge in [0.15, 0.2) is 0 Å². The Hall–Kier alpha value is -1.47. The van der Waals surface area contributed by atoms with Crippen molar-refractivity contribution in [1.82, 2.24) is 14.8 Å². The molecule has 0 saturated carbocycles. The van der Waals surface area contributed by atoms with Crippen LogP contribution in [0, 0.1) is 5.92 Å². The molecule has 0 bridgehead atoms. The van der Waals surface area contributed by atoms with E-state index < -0.39 is 0 Å². The Morgan fingerprint density at radius 2 is 1.85 bits per heavy atom. The van der Waals surface area contributed by atoms with Gasteiger partial charge < -0.3 is 4.74 Å². The number of likely N-dealkylation sites (tertiary alicyclic amines) is 1. The van der Waals surface area contributed by atoms with Crippen LogP contribution in [0.3, 0.4) is 0 Å². The number of hydrazone groups is 1. The molecule has 2 fully saturated rings. The zero-order valence-corrected chi connectivity index (χ0v) is 15.7. The lowest BCUT2D eigenvalue weighted by Crippen LogP contribution is -2.43. The van der Waals surface area contributed by atoms with Crippen molar-refractivity contribution >= 4 is 23.2 Å². The lowest BCUT2D eigenvalue weighted by atomic mass is 9.94. The summed E-state index contributed by atoms with van der Waals surface area (Å²) in [5, 5.41) is 7.12. The van der Waals surface area contributed by atoms with Gasteiger partial charge in [-0.25, -0.2) is 5.01 Å². The van der Waals surface area contributed by atoms with Gasteiger partial charge in [-0.15, -0.1) is 0 Å². The van der Waals surface area contributed by atoms with Gasteiger partial charge in [0, 0.05) is 44.3 Å². The van der Waals surface area contributed by atoms with Crippen LogP contribution in [0.2, 0.25) is 5.02 Å². The third-order valence-corrected chi connectivity index (χ3v) is 5.63. The van der Waals surface area contributed by atoms with Gasteiger partial charge in [-0.2, -0.15) is 5.10 Å². The monoisotopic (exact) mass is 376 g/mol. The number of fused-ring (bicyclic) bond motifs is 1. The molecule has 7 heteroatoms. The van der Waals surface area contributed by atoms with Crippen LogP contribution in [-0.2, 0) is 16.1 Å². The summed E-state index contributed by atoms with van der Waals surface area (Å²) < 4.78 is 5.37. The maximum absolute atomic E-state index is 12.6. The lowest BCUT2D eigenvalue weighted by molar-refractivity contribution is -0.132. The molecular weight excluding hydrogens is 352 g/mol. The van der Waals surface area contributed by atoms with E-state index in [1.165, 1.54) is 5.56 Å². The van der Waals surface area contributed by atoms with Gasteiger partial charge in [0.1, 0.15) is 0 Å². The van der Waals surface area contributed by atoms with Gasteiger partial charge in [-0.1, -0.05) is 23.7 Å². The number of rotatable bonds is 5. The number of piperidine rings is 1. The van der Waals surface area contributed by atoms with Crippen molar-refractivity contribution in [2.24, 2.45) is 11.0 Å². The number of amides is 1. The van der Waals surface area contributed by atoms with E-state index in [-0.39, 0.29) is 11.8 Å². The number of halogens is 1. The molecule has 0 radical (unpaired) electrons. The van der Waals surface area contributed by atoms with E-state index in [2.05, 4.69) is 27.0 Å². The molecule has 0 spiro atoms. The topological polar surface area (TPSA) is 48.4 Å². The fourth-order valence-corrected chi connectivity index (χ4v) is 3.98. The van der Waals surface area contributed by atoms with Gasteiger partial charge in [0.25, 0.3) is 5.91 Å². The number of carbonyl (C=O) groups excluding carboxylic acids is 1. The van der Waals surface area contributed by atoms with E-state index in [0.717, 1.165) is 69.6 Å². The SMILES string of the molecule is O=C1C2CCN(Cc3ccc(Cl)cc3)CC2=NN1CCN1CCOCC1. The van der Waals surface area contributed by atoms with Crippen molar-refractivity contribution in [3.8, 4) is 0 Å². The highest BCUT2D eigenvalue weighted by Gasteiger charge is 2.39. The van der Waals surface area contributed by atoms with Crippen LogP contribution in [0.1, 0.15) is 12.0 Å². The Kier molecular flexibility index (Phi) is 5.55. The molecule has 0 N–H and O–H groups in total. The summed E-state index contributed by atoms with van der Waals surface area (Å²) in [5.41, 5.74) is 2.26. The molecule has 1 atom stereocenters. The van der Waals surface area contributed by atoms with Crippen LogP contribution in [0.4, 0.5) is 0 Å². The standard InChI is InChI=1S/C19H25ClN4O2/c20-16-3-1-15(2-4-16)13-23-6-5-17-18(14-23)21-24(19(17)25)8-7-22-9-11-26-12-10-22/h1-4,17H,5-14H2. The summed E-state index contributed by atoms with van der Waals surface area (Å²) >= 11 is 5.96. The number of hydrogen-bond donors (Lipinski definition) is 0. The van der Waals surface area contributed by atoms with Gasteiger partial charge in [-0.05, 0) is 24.1 Å². The van der Waals surface area contributed by atoms with Crippen molar-refractivity contribution in [2.75, 3.05) is 52.5 Å². The molecule has 2 saturated heterocycles. The van der Waals surface area contributed by atoms with E-state index >= 15 is 0 Å². The zero-order valence-electron chi connectivity index (χ0n) is 14.9. The highest BCUT2D eigenvalue weighted by molar-refractivity contribution is 6.30. The molecule has 0 aromatic heterocycles. The molecule has 1 amide bonds. The fraction of sp³-hybridized carbons (Fsp3) is 0.579. The number of carbonyl (C=O) groups is 1. The maximum Gasteiger partial charge on any atom is 0.251 e. The smallest absolute Gasteiger partial charge is 0.251 e. The predicted molar refractivity (Wildman–Crippen MR) is 101 cm³/mol. The normalized spacial score (nSPS) is 24.7. The first-order valence-electron chi connectivity index (χ1n) is 9.35. The predicted octanol–water partition coefficient (Wildman–Crippen LogP) is 1.69. The highest BCUT2D eigenvalue weighted by Crippen LogP contribution is 2.25. The van der Waals surface area contributed by atoms with Crippen molar-refractivity contribution in [2.45, 2.75) is 13.0 Å². The van der Waals surface area contributed by atoms with Crippen molar-refractivity contribution in [3.05, 3.63) is 34.9 Å². The summed E-state index contributed by atoms with van der Waals surface area (Å²) in [4.78, 5) is 17.3. The average Bonchev–Trinajstić information content (AvgIpc) is 2.98. The van der Waals surface area contributed by atoms with Crippen LogP contribution in [-0.4, -0.2) is 78.9 Å². The number of ether oxygens (including phenoxy) is 1. The third kappa shape index (κ3) is 4.09. The summed E-state index contributed by atoms with van der Waals surface area (Å²) in [7, 11) is 0. The van der Waals surface area contributed by atoms with Crippen LogP contribution >= 0.6 is 11.6 Å². The summed E-state index contributed by atoms with van der Waals surface area (Å²) in [6, 6.07) is 7.97. The van der Waals surface area contributed by atoms with E-state index in [1.54, 1.807) is 5.01 Å². The third-order valence-electron chi connectivity index (χ3n) is 5.37. The Balaban J connectivity index is 1.33. The summed E-state index contributed by atoms with van der Waals surface area (Å²) in [5.74, 6) is 0.167. The number of morpholine rings is 1. The molecule has 0 aliphatic carbocycles. The highest BCUT2D eigenvalue weighted by atomic mass is 35.5. The molecule has 3 heterocycles. The first-order valence-corrected chi connectivity index (χ1v) is 9.72. The second-order valence-corrected chi connectivity index (χ2v) is 7.62. The molecular formula is C19H25ClN4O2. The molecule has 1 aromatic rings. The van der Waals surface area contributed by atoms with Crippen molar-refractivity contribution in [3.63, 3.8) is 0 Å². The van der Waals surface area contributed by atoms with Gasteiger partial charge in [0.2, 0.25) is 0 Å². The minimum Gasteiger partial charge on any atom is -0.379 e. The first-order chi connectivity index (χ1) is 12.7. The lowest BCUT2D eigenvalue weighted by Gasteiger charge is -2.29. The molecule has 1 aromatic carbocycles. The van der Waals surface area contributed by atoms with E-state index in [9.17, 15) is 4.79 Å². The molecule has 140 valence electrons. The Labute approximate surface area is 159 Å². The van der Waals surface area contributed by atoms with Crippen LogP contribution in [0.25, 0.3) is 0 Å². The minimum atomic E-state index is -0.0128. The molecule has 26 heavy (non-hydrogen) atoms. The first kappa shape index (κ1) is 17.9. The average molecular weight is 377 g/mol. The molecule has 3 aliphatic heterocycles. The largest absolute Gasteiger partial charge is 0.379 e. The maximum atomic E-state index is 12.6. The van der Waals surface area contributed by atoms with E-state index in [1.807, 2.05) is 12.1 Å². The van der Waals surface area contributed by atoms with E-state index in [4.69, 9.17) is 16.3 Å². The fourth-order valence-electron chi connectivity index (χ4n) is 3.85. The molecule has 1 unspecified atom stereocenters. The summed E-state index contributed by atoms with van der Waals surface area (Å²) in [6.45, 7) is 7.56. The Morgan fingerprint density at radius 3 is 2.62 bits per heavy atom. The number of benzene rings is 1. The second kappa shape index (κ2) is 8.05. The summed E-state index contributed by atoms with van der Waals surface area (Å²) in [6.07, 6.45) is 0.860. The van der Waals surface area contributed by atoms with Crippen molar-refractivity contribution < 1.29 is 9.53 Å². The molecule has 3 aliphatic rings. The Bertz CT molecular complexity index is 673. The van der Waals surface area contributed by atoms with Crippen LogP contribution in [0.15, 0.2) is 29.4 Å². The van der Waals surface area contributed by atoms with Crippen LogP contribution in [0.5, 0.6) is 0 Å². The zero-order chi connectivity index (χ0) is 17.9. The van der Waals surface area contributed by atoms with Gasteiger partial charge in [-0.3, -0.25) is 14.6 Å². The van der Waals surface area contributed by atoms with Gasteiger partial charge >= 0.3 is 0 Å². The second-order valence-electron chi connectivity index (χ2n) is 7.19.